The molecular weight excluding hydrogens is 224 g/mol. The second-order valence-corrected chi connectivity index (χ2v) is 4.25. The van der Waals surface area contributed by atoms with Crippen molar-refractivity contribution in [2.24, 2.45) is 5.92 Å². The summed E-state index contributed by atoms with van der Waals surface area (Å²) in [5, 5.41) is 13.0. The monoisotopic (exact) mass is 240 g/mol. The highest BCUT2D eigenvalue weighted by molar-refractivity contribution is 6.02. The van der Waals surface area contributed by atoms with Gasteiger partial charge in [0.15, 0.2) is 0 Å². The molecule has 0 aliphatic heterocycles. The van der Waals surface area contributed by atoms with Crippen LogP contribution in [0.3, 0.4) is 0 Å². The van der Waals surface area contributed by atoms with Crippen molar-refractivity contribution >= 4 is 17.9 Å². The number of nitrogens with one attached hydrogen (secondary N) is 2. The number of carbonyl (C=O) groups is 3. The van der Waals surface area contributed by atoms with Crippen LogP contribution in [-0.4, -0.2) is 29.1 Å². The van der Waals surface area contributed by atoms with E-state index in [4.69, 9.17) is 5.11 Å². The fraction of sp³-hybridized carbons (Fsp3) is 0.545. The van der Waals surface area contributed by atoms with Gasteiger partial charge in [0.1, 0.15) is 0 Å². The summed E-state index contributed by atoms with van der Waals surface area (Å²) in [6, 6.07) is -0.481. The summed E-state index contributed by atoms with van der Waals surface area (Å²) >= 11 is 0. The molecule has 1 aliphatic rings. The molecule has 1 fully saturated rings. The molecule has 2 unspecified atom stereocenters. The number of hydrogen-bond acceptors (Lipinski definition) is 3. The van der Waals surface area contributed by atoms with Crippen LogP contribution in [0, 0.1) is 5.92 Å². The smallest absolute Gasteiger partial charge is 0.328 e. The zero-order chi connectivity index (χ0) is 12.8. The molecule has 3 amide bonds. The molecule has 0 saturated heterocycles. The maximum Gasteiger partial charge on any atom is 0.328 e. The van der Waals surface area contributed by atoms with Crippen molar-refractivity contribution in [3.8, 4) is 0 Å². The Morgan fingerprint density at radius 3 is 2.47 bits per heavy atom. The zero-order valence-corrected chi connectivity index (χ0v) is 9.60. The van der Waals surface area contributed by atoms with Gasteiger partial charge in [-0.1, -0.05) is 6.92 Å². The first-order valence-electron chi connectivity index (χ1n) is 5.50. The Morgan fingerprint density at radius 2 is 1.94 bits per heavy atom. The molecule has 6 nitrogen and oxygen atoms in total. The second-order valence-electron chi connectivity index (χ2n) is 4.25. The third-order valence-corrected chi connectivity index (χ3v) is 2.64. The van der Waals surface area contributed by atoms with Crippen molar-refractivity contribution in [3.05, 3.63) is 12.2 Å². The third kappa shape index (κ3) is 5.14. The first kappa shape index (κ1) is 13.2. The third-order valence-electron chi connectivity index (χ3n) is 2.64. The van der Waals surface area contributed by atoms with E-state index in [0.717, 1.165) is 25.3 Å². The van der Waals surface area contributed by atoms with Gasteiger partial charge in [0.2, 0.25) is 0 Å². The lowest BCUT2D eigenvalue weighted by Crippen LogP contribution is -2.43. The average molecular weight is 240 g/mol. The van der Waals surface area contributed by atoms with E-state index in [1.807, 2.05) is 5.32 Å². The number of hydrogen-bond donors (Lipinski definition) is 3. The van der Waals surface area contributed by atoms with Crippen LogP contribution in [0.5, 0.6) is 0 Å². The van der Waals surface area contributed by atoms with Crippen LogP contribution < -0.4 is 10.6 Å². The summed E-state index contributed by atoms with van der Waals surface area (Å²) < 4.78 is 0. The fourth-order valence-corrected chi connectivity index (χ4v) is 1.86. The average Bonchev–Trinajstić information content (AvgIpc) is 2.60. The minimum Gasteiger partial charge on any atom is -0.478 e. The topological polar surface area (TPSA) is 95.5 Å². The molecule has 94 valence electrons. The Labute approximate surface area is 99.1 Å². The number of amides is 3. The maximum atomic E-state index is 11.3. The van der Waals surface area contributed by atoms with Gasteiger partial charge in [0.05, 0.1) is 0 Å². The van der Waals surface area contributed by atoms with E-state index < -0.39 is 17.9 Å². The number of carbonyl (C=O) groups excluding carboxylic acids is 2. The highest BCUT2D eigenvalue weighted by Crippen LogP contribution is 2.24. The lowest BCUT2D eigenvalue weighted by Gasteiger charge is -2.11. The SMILES string of the molecule is CC1CCC(NC(=O)NC(=O)/C=C/C(=O)O)C1. The molecule has 3 N–H and O–H groups in total. The summed E-state index contributed by atoms with van der Waals surface area (Å²) in [6.07, 6.45) is 4.37. The summed E-state index contributed by atoms with van der Waals surface area (Å²) in [7, 11) is 0. The predicted octanol–water partition coefficient (Wildman–Crippen LogP) is 0.642. The van der Waals surface area contributed by atoms with Gasteiger partial charge < -0.3 is 10.4 Å². The molecule has 1 saturated carbocycles. The second kappa shape index (κ2) is 6.03. The Hall–Kier alpha value is -1.85. The van der Waals surface area contributed by atoms with Gasteiger partial charge in [-0.2, -0.15) is 0 Å². The molecule has 17 heavy (non-hydrogen) atoms. The number of urea groups is 1. The van der Waals surface area contributed by atoms with Crippen LogP contribution in [0.25, 0.3) is 0 Å². The highest BCUT2D eigenvalue weighted by Gasteiger charge is 2.22. The Morgan fingerprint density at radius 1 is 1.24 bits per heavy atom. The molecule has 0 bridgehead atoms. The predicted molar refractivity (Wildman–Crippen MR) is 60.3 cm³/mol. The van der Waals surface area contributed by atoms with Crippen molar-refractivity contribution in [2.75, 3.05) is 0 Å². The molecule has 0 aromatic carbocycles. The Balaban J connectivity index is 2.29. The van der Waals surface area contributed by atoms with Gasteiger partial charge >= 0.3 is 12.0 Å². The van der Waals surface area contributed by atoms with Crippen LogP contribution in [0.1, 0.15) is 26.2 Å². The lowest BCUT2D eigenvalue weighted by atomic mass is 10.1. The van der Waals surface area contributed by atoms with E-state index in [9.17, 15) is 14.4 Å². The number of aliphatic carboxylic acids is 1. The number of imide groups is 1. The van der Waals surface area contributed by atoms with Crippen molar-refractivity contribution in [1.29, 1.82) is 0 Å². The van der Waals surface area contributed by atoms with Crippen molar-refractivity contribution in [3.63, 3.8) is 0 Å². The Kier molecular flexibility index (Phi) is 4.68. The minimum atomic E-state index is -1.23. The van der Waals surface area contributed by atoms with Gasteiger partial charge in [0, 0.05) is 18.2 Å². The normalized spacial score (nSPS) is 23.6. The van der Waals surface area contributed by atoms with Gasteiger partial charge in [0.25, 0.3) is 5.91 Å². The number of carboxylic acids is 1. The summed E-state index contributed by atoms with van der Waals surface area (Å²) in [5.41, 5.74) is 0. The largest absolute Gasteiger partial charge is 0.478 e. The molecule has 1 rings (SSSR count). The number of carboxylic acid groups (broad SMARTS) is 1. The Bertz CT molecular complexity index is 351. The molecule has 0 aromatic rings. The molecule has 0 heterocycles. The van der Waals surface area contributed by atoms with Gasteiger partial charge in [-0.3, -0.25) is 10.1 Å². The molecule has 0 spiro atoms. The van der Waals surface area contributed by atoms with Crippen LogP contribution >= 0.6 is 0 Å². The summed E-state index contributed by atoms with van der Waals surface area (Å²) in [4.78, 5) is 32.5. The zero-order valence-electron chi connectivity index (χ0n) is 9.60. The van der Waals surface area contributed by atoms with Crippen LogP contribution in [0.4, 0.5) is 4.79 Å². The van der Waals surface area contributed by atoms with E-state index in [1.165, 1.54) is 0 Å². The molecule has 0 radical (unpaired) electrons. The quantitative estimate of drug-likeness (QED) is 0.631. The first-order valence-corrected chi connectivity index (χ1v) is 5.50. The fourth-order valence-electron chi connectivity index (χ4n) is 1.86. The van der Waals surface area contributed by atoms with Crippen molar-refractivity contribution in [1.82, 2.24) is 10.6 Å². The van der Waals surface area contributed by atoms with Gasteiger partial charge in [-0.05, 0) is 25.2 Å². The molecule has 1 aliphatic carbocycles. The van der Waals surface area contributed by atoms with Crippen LogP contribution in [-0.2, 0) is 9.59 Å². The van der Waals surface area contributed by atoms with E-state index in [1.54, 1.807) is 0 Å². The summed E-state index contributed by atoms with van der Waals surface area (Å²) in [5.74, 6) is -1.39. The van der Waals surface area contributed by atoms with E-state index in [0.29, 0.717) is 12.0 Å². The van der Waals surface area contributed by atoms with Crippen LogP contribution in [0.2, 0.25) is 0 Å². The minimum absolute atomic E-state index is 0.0984. The van der Waals surface area contributed by atoms with Gasteiger partial charge in [-0.15, -0.1) is 0 Å². The van der Waals surface area contributed by atoms with Gasteiger partial charge in [-0.25, -0.2) is 9.59 Å². The summed E-state index contributed by atoms with van der Waals surface area (Å²) in [6.45, 7) is 2.11. The molecule has 2 atom stereocenters. The maximum absolute atomic E-state index is 11.3. The highest BCUT2D eigenvalue weighted by atomic mass is 16.4. The number of rotatable bonds is 3. The standard InChI is InChI=1S/C11H16N2O4/c1-7-2-3-8(6-7)12-11(17)13-9(14)4-5-10(15)16/h4-5,7-8H,2-3,6H2,1H3,(H,15,16)(H2,12,13,14,17)/b5-4+. The van der Waals surface area contributed by atoms with E-state index in [-0.39, 0.29) is 6.04 Å². The van der Waals surface area contributed by atoms with Crippen molar-refractivity contribution < 1.29 is 19.5 Å². The van der Waals surface area contributed by atoms with Crippen LogP contribution in [0.15, 0.2) is 12.2 Å². The first-order chi connectivity index (χ1) is 7.97. The molecule has 0 aromatic heterocycles. The van der Waals surface area contributed by atoms with E-state index in [2.05, 4.69) is 12.2 Å². The molecule has 6 heteroatoms. The van der Waals surface area contributed by atoms with Crippen molar-refractivity contribution in [2.45, 2.75) is 32.2 Å². The van der Waals surface area contributed by atoms with E-state index >= 15 is 0 Å². The lowest BCUT2D eigenvalue weighted by molar-refractivity contribution is -0.131. The molecular formula is C11H16N2O4.